The second-order valence-corrected chi connectivity index (χ2v) is 6.46. The third-order valence-electron chi connectivity index (χ3n) is 4.93. The number of nitrogens with zero attached hydrogens (tertiary/aromatic N) is 2. The molecule has 0 aromatic heterocycles. The Morgan fingerprint density at radius 2 is 2.07 bits per heavy atom. The molecule has 3 aliphatic heterocycles. The molecule has 140 valence electrons. The van der Waals surface area contributed by atoms with Gasteiger partial charge in [0.1, 0.15) is 18.5 Å². The highest BCUT2D eigenvalue weighted by molar-refractivity contribution is 6.08. The minimum absolute atomic E-state index is 0.0496. The SMILES string of the molecule is N[C@@H]1C(=O)N2C(C(=O)O)=C(/C=C3\CCN(c4ccccc4F)C3=O)OC[C@H]12. The number of halogens is 1. The second kappa shape index (κ2) is 6.20. The first kappa shape index (κ1) is 17.2. The minimum Gasteiger partial charge on any atom is -0.489 e. The van der Waals surface area contributed by atoms with E-state index in [1.807, 2.05) is 0 Å². The average molecular weight is 373 g/mol. The summed E-state index contributed by atoms with van der Waals surface area (Å²) >= 11 is 0. The maximum absolute atomic E-state index is 14.0. The normalized spacial score (nSPS) is 26.2. The van der Waals surface area contributed by atoms with Crippen LogP contribution < -0.4 is 10.6 Å². The maximum atomic E-state index is 14.0. The molecule has 9 heteroatoms. The number of benzene rings is 1. The summed E-state index contributed by atoms with van der Waals surface area (Å²) in [5.41, 5.74) is 5.78. The lowest BCUT2D eigenvalue weighted by Gasteiger charge is -2.47. The van der Waals surface area contributed by atoms with Gasteiger partial charge in [-0.2, -0.15) is 0 Å². The van der Waals surface area contributed by atoms with Gasteiger partial charge in [0.05, 0.1) is 11.7 Å². The molecule has 2 saturated heterocycles. The number of anilines is 1. The van der Waals surface area contributed by atoms with Crippen LogP contribution in [-0.4, -0.2) is 53.0 Å². The Morgan fingerprint density at radius 1 is 1.33 bits per heavy atom. The van der Waals surface area contributed by atoms with E-state index >= 15 is 0 Å². The molecule has 0 saturated carbocycles. The van der Waals surface area contributed by atoms with Gasteiger partial charge in [0.15, 0.2) is 11.5 Å². The summed E-state index contributed by atoms with van der Waals surface area (Å²) in [6.07, 6.45) is 1.61. The monoisotopic (exact) mass is 373 g/mol. The topological polar surface area (TPSA) is 113 Å². The van der Waals surface area contributed by atoms with Gasteiger partial charge in [-0.1, -0.05) is 12.1 Å². The number of nitrogens with two attached hydrogens (primary N) is 1. The fourth-order valence-electron chi connectivity index (χ4n) is 3.51. The van der Waals surface area contributed by atoms with E-state index in [0.29, 0.717) is 6.42 Å². The Bertz CT molecular complexity index is 925. The summed E-state index contributed by atoms with van der Waals surface area (Å²) in [6, 6.07) is 4.60. The zero-order chi connectivity index (χ0) is 19.3. The lowest BCUT2D eigenvalue weighted by Crippen LogP contribution is -2.71. The van der Waals surface area contributed by atoms with Crippen molar-refractivity contribution < 1.29 is 28.6 Å². The molecular formula is C18H16FN3O5. The highest BCUT2D eigenvalue weighted by Gasteiger charge is 2.52. The molecule has 2 amide bonds. The lowest BCUT2D eigenvalue weighted by molar-refractivity contribution is -0.156. The predicted molar refractivity (Wildman–Crippen MR) is 90.7 cm³/mol. The van der Waals surface area contributed by atoms with Crippen LogP contribution in [-0.2, 0) is 19.1 Å². The van der Waals surface area contributed by atoms with Gasteiger partial charge in [0.2, 0.25) is 5.91 Å². The van der Waals surface area contributed by atoms with Gasteiger partial charge in [-0.05, 0) is 24.6 Å². The number of hydrogen-bond donors (Lipinski definition) is 2. The van der Waals surface area contributed by atoms with Crippen LogP contribution in [0.3, 0.4) is 0 Å². The van der Waals surface area contributed by atoms with Crippen LogP contribution in [0.15, 0.2) is 47.4 Å². The minimum atomic E-state index is -1.34. The van der Waals surface area contributed by atoms with E-state index in [4.69, 9.17) is 10.5 Å². The number of para-hydroxylation sites is 1. The van der Waals surface area contributed by atoms with E-state index in [9.17, 15) is 23.9 Å². The first-order valence-corrected chi connectivity index (χ1v) is 8.36. The van der Waals surface area contributed by atoms with Crippen LogP contribution in [0, 0.1) is 5.82 Å². The van der Waals surface area contributed by atoms with Gasteiger partial charge >= 0.3 is 5.97 Å². The van der Waals surface area contributed by atoms with Gasteiger partial charge < -0.3 is 20.5 Å². The van der Waals surface area contributed by atoms with E-state index in [1.54, 1.807) is 6.07 Å². The van der Waals surface area contributed by atoms with Crippen molar-refractivity contribution in [1.29, 1.82) is 0 Å². The summed E-state index contributed by atoms with van der Waals surface area (Å²) in [6.45, 7) is 0.311. The molecule has 4 rings (SSSR count). The van der Waals surface area contributed by atoms with Crippen LogP contribution in [0.4, 0.5) is 10.1 Å². The molecule has 0 spiro atoms. The molecule has 3 N–H and O–H groups in total. The number of rotatable bonds is 3. The Labute approximate surface area is 153 Å². The molecule has 0 aliphatic carbocycles. The maximum Gasteiger partial charge on any atom is 0.356 e. The van der Waals surface area contributed by atoms with Gasteiger partial charge in [-0.25, -0.2) is 9.18 Å². The highest BCUT2D eigenvalue weighted by atomic mass is 19.1. The smallest absolute Gasteiger partial charge is 0.356 e. The molecule has 3 heterocycles. The molecule has 0 unspecified atom stereocenters. The zero-order valence-corrected chi connectivity index (χ0v) is 14.1. The van der Waals surface area contributed by atoms with Crippen molar-refractivity contribution >= 4 is 23.5 Å². The first-order valence-electron chi connectivity index (χ1n) is 8.36. The quantitative estimate of drug-likeness (QED) is 0.584. The second-order valence-electron chi connectivity index (χ2n) is 6.46. The molecule has 1 aromatic rings. The molecule has 8 nitrogen and oxygen atoms in total. The third-order valence-corrected chi connectivity index (χ3v) is 4.93. The fraction of sp³-hybridized carbons (Fsp3) is 0.278. The summed E-state index contributed by atoms with van der Waals surface area (Å²) in [5.74, 6) is -2.87. The third kappa shape index (κ3) is 2.58. The van der Waals surface area contributed by atoms with Gasteiger partial charge in [-0.3, -0.25) is 14.5 Å². The van der Waals surface area contributed by atoms with Crippen LogP contribution in [0.2, 0.25) is 0 Å². The number of aliphatic carboxylic acids is 1. The molecular weight excluding hydrogens is 357 g/mol. The van der Waals surface area contributed by atoms with Crippen molar-refractivity contribution in [3.63, 3.8) is 0 Å². The molecule has 2 atom stereocenters. The lowest BCUT2D eigenvalue weighted by atomic mass is 9.93. The number of hydrogen-bond acceptors (Lipinski definition) is 5. The van der Waals surface area contributed by atoms with Crippen LogP contribution >= 0.6 is 0 Å². The number of fused-ring (bicyclic) bond motifs is 1. The van der Waals surface area contributed by atoms with Crippen molar-refractivity contribution in [3.8, 4) is 0 Å². The van der Waals surface area contributed by atoms with Crippen molar-refractivity contribution in [2.75, 3.05) is 18.1 Å². The van der Waals surface area contributed by atoms with Gasteiger partial charge in [0.25, 0.3) is 5.91 Å². The summed E-state index contributed by atoms with van der Waals surface area (Å²) in [4.78, 5) is 38.6. The highest BCUT2D eigenvalue weighted by Crippen LogP contribution is 2.34. The number of carboxylic acids is 1. The summed E-state index contributed by atoms with van der Waals surface area (Å²) < 4.78 is 19.5. The van der Waals surface area contributed by atoms with E-state index in [2.05, 4.69) is 0 Å². The molecule has 27 heavy (non-hydrogen) atoms. The summed E-state index contributed by atoms with van der Waals surface area (Å²) in [5, 5.41) is 9.49. The number of amides is 2. The number of carbonyl (C=O) groups excluding carboxylic acids is 2. The van der Waals surface area contributed by atoms with Crippen LogP contribution in [0.5, 0.6) is 0 Å². The molecule has 2 fully saturated rings. The molecule has 0 bridgehead atoms. The Hall–Kier alpha value is -3.20. The Kier molecular flexibility index (Phi) is 3.96. The number of allylic oxidation sites excluding steroid dienone is 1. The summed E-state index contributed by atoms with van der Waals surface area (Å²) in [7, 11) is 0. The number of carbonyl (C=O) groups is 3. The average Bonchev–Trinajstić information content (AvgIpc) is 3.01. The van der Waals surface area contributed by atoms with E-state index in [1.165, 1.54) is 29.2 Å². The van der Waals surface area contributed by atoms with Crippen molar-refractivity contribution in [2.45, 2.75) is 18.5 Å². The van der Waals surface area contributed by atoms with Gasteiger partial charge in [0, 0.05) is 12.1 Å². The van der Waals surface area contributed by atoms with Crippen molar-refractivity contribution in [1.82, 2.24) is 4.90 Å². The van der Waals surface area contributed by atoms with Crippen molar-refractivity contribution in [2.24, 2.45) is 5.73 Å². The molecule has 1 aromatic carbocycles. The van der Waals surface area contributed by atoms with Crippen LogP contribution in [0.25, 0.3) is 0 Å². The first-order chi connectivity index (χ1) is 12.9. The largest absolute Gasteiger partial charge is 0.489 e. The number of carboxylic acid groups (broad SMARTS) is 1. The molecule has 3 aliphatic rings. The standard InChI is InChI=1S/C18H16FN3O5/c19-10-3-1-2-4-11(10)21-6-5-9(16(21)23)7-13-15(18(25)26)22-12(8-27-13)14(20)17(22)24/h1-4,7,12,14H,5-6,8,20H2,(H,25,26)/b9-7+/t12-,14+/m1/s1. The van der Waals surface area contributed by atoms with Gasteiger partial charge in [-0.15, -0.1) is 0 Å². The number of β-lactam (4-membered cyclic amide) rings is 1. The van der Waals surface area contributed by atoms with E-state index in [0.717, 1.165) is 4.90 Å². The predicted octanol–water partition coefficient (Wildman–Crippen LogP) is 0.353. The Morgan fingerprint density at radius 3 is 2.78 bits per heavy atom. The Balaban J connectivity index is 1.67. The van der Waals surface area contributed by atoms with Crippen molar-refractivity contribution in [3.05, 3.63) is 53.2 Å². The van der Waals surface area contributed by atoms with E-state index in [-0.39, 0.29) is 35.9 Å². The van der Waals surface area contributed by atoms with Crippen LogP contribution in [0.1, 0.15) is 6.42 Å². The number of ether oxygens (including phenoxy) is 1. The van der Waals surface area contributed by atoms with E-state index < -0.39 is 35.7 Å². The fourth-order valence-corrected chi connectivity index (χ4v) is 3.51. The zero-order valence-electron chi connectivity index (χ0n) is 14.1. The molecule has 0 radical (unpaired) electrons.